The number of hydrazone groups is 1. The van der Waals surface area contributed by atoms with E-state index in [1.54, 1.807) is 6.20 Å². The molecule has 0 aliphatic carbocycles. The van der Waals surface area contributed by atoms with Crippen LogP contribution in [-0.2, 0) is 9.59 Å². The number of piperidine rings is 2. The van der Waals surface area contributed by atoms with Crippen molar-refractivity contribution in [3.05, 3.63) is 23.3 Å². The molecule has 1 aromatic heterocycles. The lowest BCUT2D eigenvalue weighted by atomic mass is 9.99. The average Bonchev–Trinajstić information content (AvgIpc) is 2.83. The highest BCUT2D eigenvalue weighted by Crippen LogP contribution is 2.30. The van der Waals surface area contributed by atoms with Crippen LogP contribution in [0.25, 0.3) is 0 Å². The van der Waals surface area contributed by atoms with Crippen LogP contribution in [0.4, 0.5) is 0 Å². The van der Waals surface area contributed by atoms with E-state index in [9.17, 15) is 14.4 Å². The van der Waals surface area contributed by atoms with Crippen molar-refractivity contribution in [1.29, 1.82) is 0 Å². The second-order valence-electron chi connectivity index (χ2n) is 8.89. The summed E-state index contributed by atoms with van der Waals surface area (Å²) < 4.78 is 0. The van der Waals surface area contributed by atoms with Crippen molar-refractivity contribution in [2.45, 2.75) is 77.2 Å². The summed E-state index contributed by atoms with van der Waals surface area (Å²) in [6.45, 7) is 4.12. The molecule has 32 heavy (non-hydrogen) atoms. The van der Waals surface area contributed by atoms with Gasteiger partial charge >= 0.3 is 0 Å². The monoisotopic (exact) mass is 440 g/mol. The van der Waals surface area contributed by atoms with Crippen molar-refractivity contribution in [2.24, 2.45) is 5.10 Å². The normalized spacial score (nSPS) is 21.7. The number of rotatable bonds is 5. The van der Waals surface area contributed by atoms with Gasteiger partial charge in [-0.3, -0.25) is 14.4 Å². The highest BCUT2D eigenvalue weighted by Gasteiger charge is 2.31. The molecule has 1 N–H and O–H groups in total. The molecule has 0 radical (unpaired) electrons. The summed E-state index contributed by atoms with van der Waals surface area (Å²) in [5, 5.41) is 4.07. The summed E-state index contributed by atoms with van der Waals surface area (Å²) in [6.07, 6.45) is 9.64. The largest absolute Gasteiger partial charge is 0.339 e. The smallest absolute Gasteiger partial charge is 0.257 e. The van der Waals surface area contributed by atoms with Gasteiger partial charge in [-0.1, -0.05) is 0 Å². The third-order valence-electron chi connectivity index (χ3n) is 6.60. The Bertz CT molecular complexity index is 909. The molecule has 0 aromatic carbocycles. The van der Waals surface area contributed by atoms with Gasteiger partial charge in [0.1, 0.15) is 0 Å². The molecule has 1 atom stereocenters. The van der Waals surface area contributed by atoms with Gasteiger partial charge in [-0.15, -0.1) is 0 Å². The number of carbonyl (C=O) groups is 3. The van der Waals surface area contributed by atoms with E-state index in [-0.39, 0.29) is 23.8 Å². The summed E-state index contributed by atoms with van der Waals surface area (Å²) in [5.74, 6) is 0.605. The maximum atomic E-state index is 13.0. The third kappa shape index (κ3) is 5.14. The minimum Gasteiger partial charge on any atom is -0.339 e. The molecule has 3 aliphatic heterocycles. The second-order valence-corrected chi connectivity index (χ2v) is 8.89. The first kappa shape index (κ1) is 22.4. The first-order chi connectivity index (χ1) is 15.5. The SMILES string of the molecule is Cc1nc([C@@H]2CCCCN2C(=O)CCC2=NNC(=O)CC2)ncc1C(=O)N1CCCCC1. The van der Waals surface area contributed by atoms with Crippen LogP contribution in [-0.4, -0.2) is 62.8 Å². The summed E-state index contributed by atoms with van der Waals surface area (Å²) >= 11 is 0. The first-order valence-electron chi connectivity index (χ1n) is 11.8. The molecule has 3 aliphatic rings. The van der Waals surface area contributed by atoms with Gasteiger partial charge in [0.15, 0.2) is 5.82 Å². The van der Waals surface area contributed by atoms with Crippen molar-refractivity contribution in [3.63, 3.8) is 0 Å². The molecule has 0 unspecified atom stereocenters. The lowest BCUT2D eigenvalue weighted by Crippen LogP contribution is -2.40. The minimum absolute atomic E-state index is 0.00525. The Balaban J connectivity index is 1.43. The van der Waals surface area contributed by atoms with Crippen molar-refractivity contribution in [3.8, 4) is 0 Å². The van der Waals surface area contributed by atoms with Crippen LogP contribution in [0.5, 0.6) is 0 Å². The zero-order valence-corrected chi connectivity index (χ0v) is 18.8. The maximum Gasteiger partial charge on any atom is 0.257 e. The zero-order valence-electron chi connectivity index (χ0n) is 18.8. The molecule has 2 saturated heterocycles. The van der Waals surface area contributed by atoms with E-state index in [0.29, 0.717) is 49.3 Å². The van der Waals surface area contributed by atoms with Crippen molar-refractivity contribution in [2.75, 3.05) is 19.6 Å². The van der Waals surface area contributed by atoms with Gasteiger partial charge in [-0.2, -0.15) is 5.10 Å². The molecule has 0 saturated carbocycles. The van der Waals surface area contributed by atoms with Crippen LogP contribution in [0.2, 0.25) is 0 Å². The van der Waals surface area contributed by atoms with Crippen LogP contribution in [0.3, 0.4) is 0 Å². The average molecular weight is 441 g/mol. The number of hydrogen-bond acceptors (Lipinski definition) is 6. The predicted molar refractivity (Wildman–Crippen MR) is 119 cm³/mol. The first-order valence-corrected chi connectivity index (χ1v) is 11.8. The topological polar surface area (TPSA) is 108 Å². The molecule has 9 heteroatoms. The third-order valence-corrected chi connectivity index (χ3v) is 6.60. The van der Waals surface area contributed by atoms with Crippen LogP contribution < -0.4 is 5.43 Å². The van der Waals surface area contributed by atoms with Crippen molar-refractivity contribution < 1.29 is 14.4 Å². The van der Waals surface area contributed by atoms with E-state index in [2.05, 4.69) is 20.5 Å². The fraction of sp³-hybridized carbons (Fsp3) is 0.652. The summed E-state index contributed by atoms with van der Waals surface area (Å²) in [7, 11) is 0. The molecule has 1 aromatic rings. The van der Waals surface area contributed by atoms with Crippen molar-refractivity contribution in [1.82, 2.24) is 25.2 Å². The van der Waals surface area contributed by atoms with E-state index < -0.39 is 0 Å². The fourth-order valence-electron chi connectivity index (χ4n) is 4.71. The van der Waals surface area contributed by atoms with Crippen molar-refractivity contribution >= 4 is 23.4 Å². The Kier molecular flexibility index (Phi) is 7.12. The number of likely N-dealkylation sites (tertiary alicyclic amines) is 2. The number of hydrogen-bond donors (Lipinski definition) is 1. The standard InChI is InChI=1S/C23H32N6O3/c1-16-18(23(32)28-12-4-2-5-13-28)15-24-22(25-16)19-7-3-6-14-29(19)21(31)11-9-17-8-10-20(30)27-26-17/h15,19H,2-14H2,1H3,(H,27,30)/t19-/m0/s1. The van der Waals surface area contributed by atoms with Gasteiger partial charge in [0, 0.05) is 44.4 Å². The summed E-state index contributed by atoms with van der Waals surface area (Å²) in [4.78, 5) is 50.1. The number of amides is 3. The Morgan fingerprint density at radius 3 is 2.59 bits per heavy atom. The molecule has 0 bridgehead atoms. The van der Waals surface area contributed by atoms with Gasteiger partial charge in [-0.05, 0) is 58.3 Å². The van der Waals surface area contributed by atoms with Crippen LogP contribution in [0.15, 0.2) is 11.3 Å². The minimum atomic E-state index is -0.165. The number of carbonyl (C=O) groups excluding carboxylic acids is 3. The lowest BCUT2D eigenvalue weighted by Gasteiger charge is -2.35. The number of nitrogens with one attached hydrogen (secondary N) is 1. The molecule has 2 fully saturated rings. The molecule has 4 rings (SSSR count). The molecule has 3 amide bonds. The molecule has 0 spiro atoms. The zero-order chi connectivity index (χ0) is 22.5. The number of nitrogens with zero attached hydrogens (tertiary/aromatic N) is 5. The van der Waals surface area contributed by atoms with E-state index in [1.807, 2.05) is 16.7 Å². The molecule has 4 heterocycles. The number of aromatic nitrogens is 2. The highest BCUT2D eigenvalue weighted by atomic mass is 16.2. The van der Waals surface area contributed by atoms with Gasteiger partial charge in [0.2, 0.25) is 11.8 Å². The summed E-state index contributed by atoms with van der Waals surface area (Å²) in [5.41, 5.74) is 4.58. The quantitative estimate of drug-likeness (QED) is 0.757. The Hall–Kier alpha value is -2.84. The van der Waals surface area contributed by atoms with E-state index >= 15 is 0 Å². The highest BCUT2D eigenvalue weighted by molar-refractivity contribution is 5.95. The second kappa shape index (κ2) is 10.2. The van der Waals surface area contributed by atoms with E-state index in [0.717, 1.165) is 50.9 Å². The maximum absolute atomic E-state index is 13.0. The van der Waals surface area contributed by atoms with Crippen LogP contribution in [0, 0.1) is 6.92 Å². The van der Waals surface area contributed by atoms with Crippen LogP contribution >= 0.6 is 0 Å². The van der Waals surface area contributed by atoms with Gasteiger partial charge in [0.05, 0.1) is 17.3 Å². The Labute approximate surface area is 188 Å². The molecular weight excluding hydrogens is 408 g/mol. The molecule has 172 valence electrons. The van der Waals surface area contributed by atoms with Gasteiger partial charge < -0.3 is 9.80 Å². The van der Waals surface area contributed by atoms with Gasteiger partial charge in [-0.25, -0.2) is 15.4 Å². The Morgan fingerprint density at radius 1 is 1.09 bits per heavy atom. The summed E-state index contributed by atoms with van der Waals surface area (Å²) in [6, 6.07) is -0.165. The fourth-order valence-corrected chi connectivity index (χ4v) is 4.71. The number of aryl methyl sites for hydroxylation is 1. The Morgan fingerprint density at radius 2 is 1.88 bits per heavy atom. The predicted octanol–water partition coefficient (Wildman–Crippen LogP) is 2.51. The van der Waals surface area contributed by atoms with Gasteiger partial charge in [0.25, 0.3) is 5.91 Å². The molecule has 9 nitrogen and oxygen atoms in total. The van der Waals surface area contributed by atoms with E-state index in [1.165, 1.54) is 6.42 Å². The van der Waals surface area contributed by atoms with Crippen LogP contribution in [0.1, 0.15) is 92.1 Å². The molecular formula is C23H32N6O3. The van der Waals surface area contributed by atoms with E-state index in [4.69, 9.17) is 0 Å². The lowest BCUT2D eigenvalue weighted by molar-refractivity contribution is -0.135.